The molecule has 2 atom stereocenters. The fourth-order valence-electron chi connectivity index (χ4n) is 2.77. The van der Waals surface area contributed by atoms with Gasteiger partial charge < -0.3 is 10.3 Å². The monoisotopic (exact) mass is 282 g/mol. The van der Waals surface area contributed by atoms with E-state index in [9.17, 15) is 0 Å². The summed E-state index contributed by atoms with van der Waals surface area (Å²) >= 11 is 2.10. The van der Waals surface area contributed by atoms with Crippen molar-refractivity contribution < 1.29 is 0 Å². The van der Waals surface area contributed by atoms with Crippen LogP contribution in [0.15, 0.2) is 12.5 Å². The Balaban J connectivity index is 2.12. The van der Waals surface area contributed by atoms with Crippen LogP contribution in [0.4, 0.5) is 0 Å². The standard InChI is InChI=1S/C14H26N4S/c1-3-5-18-11-16-9-14(18)13(8-15)17-6-7-19-12(4-2)10-17/h9,11-13H,3-8,10,15H2,1-2H3. The molecule has 0 aliphatic carbocycles. The second-order valence-electron chi connectivity index (χ2n) is 5.16. The highest BCUT2D eigenvalue weighted by molar-refractivity contribution is 8.00. The molecule has 1 fully saturated rings. The second-order valence-corrected chi connectivity index (χ2v) is 6.57. The molecule has 1 aliphatic rings. The molecule has 2 heterocycles. The molecule has 5 heteroatoms. The molecule has 1 aromatic rings. The lowest BCUT2D eigenvalue weighted by atomic mass is 10.1. The first kappa shape index (κ1) is 14.9. The Labute approximate surface area is 120 Å². The summed E-state index contributed by atoms with van der Waals surface area (Å²) in [6.45, 7) is 8.48. The zero-order valence-corrected chi connectivity index (χ0v) is 12.9. The van der Waals surface area contributed by atoms with Gasteiger partial charge in [-0.05, 0) is 12.8 Å². The van der Waals surface area contributed by atoms with Crippen LogP contribution in [0.3, 0.4) is 0 Å². The van der Waals surface area contributed by atoms with E-state index in [1.165, 1.54) is 17.9 Å². The molecule has 4 nitrogen and oxygen atoms in total. The highest BCUT2D eigenvalue weighted by Crippen LogP contribution is 2.28. The number of hydrogen-bond acceptors (Lipinski definition) is 4. The van der Waals surface area contributed by atoms with Gasteiger partial charge in [-0.2, -0.15) is 11.8 Å². The molecular weight excluding hydrogens is 256 g/mol. The van der Waals surface area contributed by atoms with Gasteiger partial charge in [-0.25, -0.2) is 4.98 Å². The quantitative estimate of drug-likeness (QED) is 0.868. The van der Waals surface area contributed by atoms with Crippen molar-refractivity contribution >= 4 is 11.8 Å². The zero-order chi connectivity index (χ0) is 13.7. The first-order valence-corrected chi connectivity index (χ1v) is 8.40. The average Bonchev–Trinajstić information content (AvgIpc) is 2.89. The number of hydrogen-bond donors (Lipinski definition) is 1. The van der Waals surface area contributed by atoms with Gasteiger partial charge in [0.2, 0.25) is 0 Å². The fourth-order valence-corrected chi connectivity index (χ4v) is 3.97. The molecule has 19 heavy (non-hydrogen) atoms. The number of aryl methyl sites for hydroxylation is 1. The molecule has 1 aliphatic heterocycles. The molecule has 2 unspecified atom stereocenters. The van der Waals surface area contributed by atoms with Crippen LogP contribution in [0.1, 0.15) is 38.4 Å². The lowest BCUT2D eigenvalue weighted by Gasteiger charge is -2.37. The summed E-state index contributed by atoms with van der Waals surface area (Å²) in [6.07, 6.45) is 6.31. The predicted octanol–water partition coefficient (Wildman–Crippen LogP) is 2.12. The Hall–Kier alpha value is -0.520. The van der Waals surface area contributed by atoms with E-state index in [1.54, 1.807) is 0 Å². The van der Waals surface area contributed by atoms with Crippen LogP contribution < -0.4 is 5.73 Å². The van der Waals surface area contributed by atoms with Crippen LogP contribution in [-0.4, -0.2) is 45.1 Å². The normalized spacial score (nSPS) is 22.6. The number of aromatic nitrogens is 2. The van der Waals surface area contributed by atoms with Crippen molar-refractivity contribution in [3.05, 3.63) is 18.2 Å². The number of nitrogens with zero attached hydrogens (tertiary/aromatic N) is 3. The highest BCUT2D eigenvalue weighted by Gasteiger charge is 2.27. The van der Waals surface area contributed by atoms with Gasteiger partial charge in [0.15, 0.2) is 0 Å². The minimum atomic E-state index is 0.323. The first-order valence-electron chi connectivity index (χ1n) is 7.35. The van der Waals surface area contributed by atoms with Crippen LogP contribution in [0.5, 0.6) is 0 Å². The Kier molecular flexibility index (Phi) is 5.73. The molecule has 0 bridgehead atoms. The maximum atomic E-state index is 6.06. The third-order valence-corrected chi connectivity index (χ3v) is 5.21. The van der Waals surface area contributed by atoms with Gasteiger partial charge in [0.05, 0.1) is 18.1 Å². The molecule has 2 rings (SSSR count). The lowest BCUT2D eigenvalue weighted by molar-refractivity contribution is 0.200. The van der Waals surface area contributed by atoms with E-state index in [2.05, 4.69) is 40.1 Å². The van der Waals surface area contributed by atoms with Gasteiger partial charge in [-0.1, -0.05) is 13.8 Å². The van der Waals surface area contributed by atoms with Crippen molar-refractivity contribution in [1.29, 1.82) is 0 Å². The van der Waals surface area contributed by atoms with E-state index >= 15 is 0 Å². The average molecular weight is 282 g/mol. The molecule has 0 saturated carbocycles. The number of rotatable bonds is 6. The third-order valence-electron chi connectivity index (χ3n) is 3.84. The summed E-state index contributed by atoms with van der Waals surface area (Å²) < 4.78 is 2.26. The van der Waals surface area contributed by atoms with Crippen LogP contribution in [0.2, 0.25) is 0 Å². The van der Waals surface area contributed by atoms with E-state index in [1.807, 2.05) is 12.5 Å². The predicted molar refractivity (Wildman–Crippen MR) is 82.4 cm³/mol. The third kappa shape index (κ3) is 3.52. The van der Waals surface area contributed by atoms with Gasteiger partial charge >= 0.3 is 0 Å². The van der Waals surface area contributed by atoms with Crippen LogP contribution in [-0.2, 0) is 6.54 Å². The van der Waals surface area contributed by atoms with Gasteiger partial charge in [0, 0.05) is 43.4 Å². The van der Waals surface area contributed by atoms with Crippen LogP contribution >= 0.6 is 11.8 Å². The summed E-state index contributed by atoms with van der Waals surface area (Å²) in [6, 6.07) is 0.323. The second kappa shape index (κ2) is 7.31. The fraction of sp³-hybridized carbons (Fsp3) is 0.786. The smallest absolute Gasteiger partial charge is 0.0948 e. The number of imidazole rings is 1. The Morgan fingerprint density at radius 3 is 3.05 bits per heavy atom. The van der Waals surface area contributed by atoms with Crippen molar-refractivity contribution in [2.45, 2.75) is 44.5 Å². The summed E-state index contributed by atoms with van der Waals surface area (Å²) in [5.74, 6) is 1.22. The van der Waals surface area contributed by atoms with Gasteiger partial charge in [-0.3, -0.25) is 4.90 Å². The SMILES string of the molecule is CCCn1cncc1C(CN)N1CCSC(CC)C1. The summed E-state index contributed by atoms with van der Waals surface area (Å²) in [4.78, 5) is 6.87. The topological polar surface area (TPSA) is 47.1 Å². The van der Waals surface area contributed by atoms with Crippen molar-refractivity contribution in [3.63, 3.8) is 0 Å². The van der Waals surface area contributed by atoms with Crippen molar-refractivity contribution in [1.82, 2.24) is 14.5 Å². The minimum Gasteiger partial charge on any atom is -0.333 e. The van der Waals surface area contributed by atoms with E-state index < -0.39 is 0 Å². The van der Waals surface area contributed by atoms with Gasteiger partial charge in [0.25, 0.3) is 0 Å². The molecule has 2 N–H and O–H groups in total. The van der Waals surface area contributed by atoms with Crippen molar-refractivity contribution in [3.8, 4) is 0 Å². The molecule has 1 aromatic heterocycles. The lowest BCUT2D eigenvalue weighted by Crippen LogP contribution is -2.43. The molecule has 0 amide bonds. The van der Waals surface area contributed by atoms with Crippen LogP contribution in [0.25, 0.3) is 0 Å². The largest absolute Gasteiger partial charge is 0.333 e. The maximum absolute atomic E-state index is 6.06. The Bertz CT molecular complexity index is 379. The van der Waals surface area contributed by atoms with E-state index in [0.29, 0.717) is 12.6 Å². The van der Waals surface area contributed by atoms with E-state index in [-0.39, 0.29) is 0 Å². The molecule has 0 aromatic carbocycles. The Morgan fingerprint density at radius 1 is 1.53 bits per heavy atom. The summed E-state index contributed by atoms with van der Waals surface area (Å²) in [5.41, 5.74) is 7.34. The highest BCUT2D eigenvalue weighted by atomic mass is 32.2. The zero-order valence-electron chi connectivity index (χ0n) is 12.1. The molecule has 1 saturated heterocycles. The maximum Gasteiger partial charge on any atom is 0.0948 e. The molecule has 108 valence electrons. The molecule has 0 spiro atoms. The van der Waals surface area contributed by atoms with Crippen molar-refractivity contribution in [2.24, 2.45) is 5.73 Å². The van der Waals surface area contributed by atoms with Gasteiger partial charge in [0.1, 0.15) is 0 Å². The van der Waals surface area contributed by atoms with Gasteiger partial charge in [-0.15, -0.1) is 0 Å². The summed E-state index contributed by atoms with van der Waals surface area (Å²) in [5, 5.41) is 0.755. The number of thioether (sulfide) groups is 1. The summed E-state index contributed by atoms with van der Waals surface area (Å²) in [7, 11) is 0. The van der Waals surface area contributed by atoms with Crippen LogP contribution in [0, 0.1) is 0 Å². The number of nitrogens with two attached hydrogens (primary N) is 1. The van der Waals surface area contributed by atoms with Crippen molar-refractivity contribution in [2.75, 3.05) is 25.4 Å². The molecular formula is C14H26N4S. The van der Waals surface area contributed by atoms with E-state index in [4.69, 9.17) is 5.73 Å². The van der Waals surface area contributed by atoms with E-state index in [0.717, 1.165) is 31.3 Å². The first-order chi connectivity index (χ1) is 9.30. The minimum absolute atomic E-state index is 0.323. The Morgan fingerprint density at radius 2 is 2.37 bits per heavy atom. The molecule has 0 radical (unpaired) electrons.